The fourth-order valence-corrected chi connectivity index (χ4v) is 1.75. The van der Waals surface area contributed by atoms with Crippen molar-refractivity contribution in [2.75, 3.05) is 11.9 Å². The quantitative estimate of drug-likeness (QED) is 0.821. The first-order valence-electron chi connectivity index (χ1n) is 5.00. The van der Waals surface area contributed by atoms with Crippen molar-refractivity contribution in [1.82, 2.24) is 0 Å². The molecule has 0 saturated heterocycles. The van der Waals surface area contributed by atoms with Crippen LogP contribution in [0.5, 0.6) is 0 Å². The van der Waals surface area contributed by atoms with E-state index < -0.39 is 0 Å². The number of anilines is 1. The monoisotopic (exact) mass is 305 g/mol. The number of carbonyl (C=O) groups excluding carboxylic acids is 1. The molecule has 0 unspecified atom stereocenters. The third kappa shape index (κ3) is 4.12. The lowest BCUT2D eigenvalue weighted by atomic mass is 10.2. The standard InChI is InChI=1S/C11H13BrClNO2/c12-11-8(13)4-3-5-9(11)14-10(16)6-1-2-7-15/h3-5,15H,1-2,6-7H2,(H,14,16). The SMILES string of the molecule is O=C(CCCCO)Nc1cccc(Cl)c1Br. The Hall–Kier alpha value is -0.580. The summed E-state index contributed by atoms with van der Waals surface area (Å²) in [4.78, 5) is 11.5. The molecule has 0 aromatic heterocycles. The molecule has 0 aliphatic heterocycles. The van der Waals surface area contributed by atoms with Gasteiger partial charge >= 0.3 is 0 Å². The highest BCUT2D eigenvalue weighted by atomic mass is 79.9. The molecule has 0 bridgehead atoms. The Morgan fingerprint density at radius 2 is 2.19 bits per heavy atom. The molecule has 5 heteroatoms. The van der Waals surface area contributed by atoms with E-state index in [9.17, 15) is 4.79 Å². The molecule has 0 spiro atoms. The van der Waals surface area contributed by atoms with Crippen molar-refractivity contribution < 1.29 is 9.90 Å². The van der Waals surface area contributed by atoms with Gasteiger partial charge in [0, 0.05) is 13.0 Å². The predicted molar refractivity (Wildman–Crippen MR) is 68.7 cm³/mol. The summed E-state index contributed by atoms with van der Waals surface area (Å²) >= 11 is 9.20. The number of nitrogens with one attached hydrogen (secondary N) is 1. The molecule has 1 amide bonds. The second-order valence-corrected chi connectivity index (χ2v) is 4.53. The van der Waals surface area contributed by atoms with Crippen LogP contribution in [0.2, 0.25) is 5.02 Å². The predicted octanol–water partition coefficient (Wildman–Crippen LogP) is 3.20. The summed E-state index contributed by atoms with van der Waals surface area (Å²) in [7, 11) is 0. The Morgan fingerprint density at radius 3 is 2.88 bits per heavy atom. The second kappa shape index (κ2) is 6.89. The Morgan fingerprint density at radius 1 is 1.44 bits per heavy atom. The molecule has 0 radical (unpaired) electrons. The fourth-order valence-electron chi connectivity index (χ4n) is 1.21. The molecule has 0 fully saturated rings. The average molecular weight is 307 g/mol. The molecule has 1 aromatic carbocycles. The van der Waals surface area contributed by atoms with Crippen LogP contribution in [0.1, 0.15) is 19.3 Å². The van der Waals surface area contributed by atoms with Gasteiger partial charge in [-0.25, -0.2) is 0 Å². The third-order valence-corrected chi connectivity index (χ3v) is 3.44. The minimum atomic E-state index is -0.0728. The highest BCUT2D eigenvalue weighted by molar-refractivity contribution is 9.10. The van der Waals surface area contributed by atoms with Crippen LogP contribution in [0.4, 0.5) is 5.69 Å². The van der Waals surface area contributed by atoms with Gasteiger partial charge in [0.1, 0.15) is 0 Å². The van der Waals surface area contributed by atoms with Crippen molar-refractivity contribution in [2.24, 2.45) is 0 Å². The topological polar surface area (TPSA) is 49.3 Å². The number of carbonyl (C=O) groups is 1. The van der Waals surface area contributed by atoms with Crippen molar-refractivity contribution in [2.45, 2.75) is 19.3 Å². The minimum Gasteiger partial charge on any atom is -0.396 e. The number of halogens is 2. The number of unbranched alkanes of at least 4 members (excludes halogenated alkanes) is 1. The summed E-state index contributed by atoms with van der Waals surface area (Å²) in [6, 6.07) is 5.30. The van der Waals surface area contributed by atoms with Crippen LogP contribution in [0.3, 0.4) is 0 Å². The van der Waals surface area contributed by atoms with Crippen LogP contribution in [0.15, 0.2) is 22.7 Å². The lowest BCUT2D eigenvalue weighted by Crippen LogP contribution is -2.11. The van der Waals surface area contributed by atoms with Crippen LogP contribution in [-0.4, -0.2) is 17.6 Å². The maximum Gasteiger partial charge on any atom is 0.224 e. The van der Waals surface area contributed by atoms with E-state index in [1.165, 1.54) is 0 Å². The van der Waals surface area contributed by atoms with Gasteiger partial charge in [-0.1, -0.05) is 17.7 Å². The maximum absolute atomic E-state index is 11.5. The minimum absolute atomic E-state index is 0.0728. The van der Waals surface area contributed by atoms with Gasteiger partial charge in [-0.15, -0.1) is 0 Å². The van der Waals surface area contributed by atoms with Crippen molar-refractivity contribution >= 4 is 39.1 Å². The smallest absolute Gasteiger partial charge is 0.224 e. The molecule has 16 heavy (non-hydrogen) atoms. The Labute approximate surface area is 108 Å². The second-order valence-electron chi connectivity index (χ2n) is 3.33. The Kier molecular flexibility index (Phi) is 5.80. The first-order valence-corrected chi connectivity index (χ1v) is 6.17. The Balaban J connectivity index is 2.53. The first-order chi connectivity index (χ1) is 7.65. The van der Waals surface area contributed by atoms with E-state index in [2.05, 4.69) is 21.2 Å². The van der Waals surface area contributed by atoms with E-state index >= 15 is 0 Å². The van der Waals surface area contributed by atoms with E-state index in [1.807, 2.05) is 0 Å². The summed E-state index contributed by atoms with van der Waals surface area (Å²) in [6.07, 6.45) is 1.73. The number of hydrogen-bond acceptors (Lipinski definition) is 2. The molecule has 0 aliphatic rings. The van der Waals surface area contributed by atoms with E-state index in [0.29, 0.717) is 34.4 Å². The van der Waals surface area contributed by atoms with Crippen LogP contribution >= 0.6 is 27.5 Å². The highest BCUT2D eigenvalue weighted by Crippen LogP contribution is 2.30. The summed E-state index contributed by atoms with van der Waals surface area (Å²) < 4.78 is 0.687. The molecular weight excluding hydrogens is 293 g/mol. The van der Waals surface area contributed by atoms with Gasteiger partial charge in [0.15, 0.2) is 0 Å². The van der Waals surface area contributed by atoms with Gasteiger partial charge < -0.3 is 10.4 Å². The summed E-state index contributed by atoms with van der Waals surface area (Å²) in [5.41, 5.74) is 0.668. The zero-order valence-corrected chi connectivity index (χ0v) is 11.0. The van der Waals surface area contributed by atoms with Crippen molar-refractivity contribution in [3.8, 4) is 0 Å². The molecule has 1 aromatic rings. The molecule has 88 valence electrons. The van der Waals surface area contributed by atoms with E-state index in [-0.39, 0.29) is 12.5 Å². The number of aliphatic hydroxyl groups excluding tert-OH is 1. The van der Waals surface area contributed by atoms with E-state index in [0.717, 1.165) is 0 Å². The molecule has 0 heterocycles. The summed E-state index contributed by atoms with van der Waals surface area (Å²) in [6.45, 7) is 0.119. The van der Waals surface area contributed by atoms with Gasteiger partial charge in [0.25, 0.3) is 0 Å². The van der Waals surface area contributed by atoms with Crippen LogP contribution in [0, 0.1) is 0 Å². The first kappa shape index (κ1) is 13.5. The van der Waals surface area contributed by atoms with Gasteiger partial charge in [-0.2, -0.15) is 0 Å². The number of aliphatic hydroxyl groups is 1. The summed E-state index contributed by atoms with van der Waals surface area (Å²) in [5.74, 6) is -0.0728. The highest BCUT2D eigenvalue weighted by Gasteiger charge is 2.07. The lowest BCUT2D eigenvalue weighted by molar-refractivity contribution is -0.116. The van der Waals surface area contributed by atoms with Crippen molar-refractivity contribution in [3.05, 3.63) is 27.7 Å². The molecule has 3 nitrogen and oxygen atoms in total. The fraction of sp³-hybridized carbons (Fsp3) is 0.364. The van der Waals surface area contributed by atoms with Crippen molar-refractivity contribution in [3.63, 3.8) is 0 Å². The normalized spacial score (nSPS) is 10.2. The molecule has 1 rings (SSSR count). The van der Waals surface area contributed by atoms with Gasteiger partial charge in [-0.05, 0) is 40.9 Å². The number of hydrogen-bond donors (Lipinski definition) is 2. The lowest BCUT2D eigenvalue weighted by Gasteiger charge is -2.07. The molecule has 0 atom stereocenters. The molecule has 2 N–H and O–H groups in total. The van der Waals surface area contributed by atoms with E-state index in [1.54, 1.807) is 18.2 Å². The van der Waals surface area contributed by atoms with Gasteiger partial charge in [0.2, 0.25) is 5.91 Å². The average Bonchev–Trinajstić information content (AvgIpc) is 2.25. The molecular formula is C11H13BrClNO2. The number of rotatable bonds is 5. The van der Waals surface area contributed by atoms with Crippen LogP contribution < -0.4 is 5.32 Å². The molecule has 0 saturated carbocycles. The number of amides is 1. The Bertz CT molecular complexity index is 371. The zero-order chi connectivity index (χ0) is 12.0. The zero-order valence-electron chi connectivity index (χ0n) is 8.67. The largest absolute Gasteiger partial charge is 0.396 e. The number of benzene rings is 1. The molecule has 0 aliphatic carbocycles. The maximum atomic E-state index is 11.5. The third-order valence-electron chi connectivity index (χ3n) is 2.04. The van der Waals surface area contributed by atoms with E-state index in [4.69, 9.17) is 16.7 Å². The van der Waals surface area contributed by atoms with Crippen LogP contribution in [-0.2, 0) is 4.79 Å². The summed E-state index contributed by atoms with van der Waals surface area (Å²) in [5, 5.41) is 11.9. The van der Waals surface area contributed by atoms with Gasteiger partial charge in [-0.3, -0.25) is 4.79 Å². The van der Waals surface area contributed by atoms with Crippen LogP contribution in [0.25, 0.3) is 0 Å². The van der Waals surface area contributed by atoms with Crippen molar-refractivity contribution in [1.29, 1.82) is 0 Å². The van der Waals surface area contributed by atoms with Gasteiger partial charge in [0.05, 0.1) is 15.2 Å².